The summed E-state index contributed by atoms with van der Waals surface area (Å²) in [6.07, 6.45) is 1.73. The SMILES string of the molecule is O=C1C(Cl)C(c2ccc(O)cc2)N1NCCNc1nccs1. The third-order valence-electron chi connectivity index (χ3n) is 3.38. The Labute approximate surface area is 136 Å². The fourth-order valence-electron chi connectivity index (χ4n) is 2.28. The van der Waals surface area contributed by atoms with Crippen molar-refractivity contribution in [3.05, 3.63) is 41.4 Å². The molecule has 3 rings (SSSR count). The lowest BCUT2D eigenvalue weighted by molar-refractivity contribution is -0.151. The maximum absolute atomic E-state index is 11.9. The quantitative estimate of drug-likeness (QED) is 0.426. The molecule has 6 nitrogen and oxygen atoms in total. The molecule has 0 bridgehead atoms. The Hall–Kier alpha value is -1.83. The Morgan fingerprint density at radius 2 is 2.09 bits per heavy atom. The number of carbonyl (C=O) groups excluding carboxylic acids is 1. The molecule has 1 aromatic heterocycles. The number of rotatable bonds is 6. The summed E-state index contributed by atoms with van der Waals surface area (Å²) in [5.41, 5.74) is 3.96. The standard InChI is InChI=1S/C14H15ClN4O2S/c15-11-12(9-1-3-10(20)4-2-9)19(13(11)21)18-6-5-16-14-17-7-8-22-14/h1-4,7-8,11-12,18,20H,5-6H2,(H,16,17). The molecule has 116 valence electrons. The van der Waals surface area contributed by atoms with E-state index in [4.69, 9.17) is 11.6 Å². The first-order valence-corrected chi connectivity index (χ1v) is 8.11. The number of anilines is 1. The van der Waals surface area contributed by atoms with E-state index in [1.165, 1.54) is 16.3 Å². The Balaban J connectivity index is 1.55. The van der Waals surface area contributed by atoms with E-state index < -0.39 is 5.38 Å². The van der Waals surface area contributed by atoms with Crippen LogP contribution in [0.15, 0.2) is 35.8 Å². The molecular weight excluding hydrogens is 324 g/mol. The third kappa shape index (κ3) is 3.01. The van der Waals surface area contributed by atoms with E-state index in [1.807, 2.05) is 5.38 Å². The molecule has 1 aromatic carbocycles. The van der Waals surface area contributed by atoms with Crippen molar-refractivity contribution in [2.24, 2.45) is 0 Å². The van der Waals surface area contributed by atoms with Crippen LogP contribution in [0.4, 0.5) is 5.13 Å². The average molecular weight is 339 g/mol. The highest BCUT2D eigenvalue weighted by Crippen LogP contribution is 2.37. The Kier molecular flexibility index (Phi) is 4.47. The number of nitrogens with one attached hydrogen (secondary N) is 2. The van der Waals surface area contributed by atoms with Gasteiger partial charge in [-0.25, -0.2) is 10.4 Å². The molecular formula is C14H15ClN4O2S. The molecule has 0 spiro atoms. The number of phenols is 1. The Bertz CT molecular complexity index is 635. The molecule has 1 amide bonds. The lowest BCUT2D eigenvalue weighted by Gasteiger charge is -2.44. The van der Waals surface area contributed by atoms with Gasteiger partial charge >= 0.3 is 0 Å². The molecule has 8 heteroatoms. The van der Waals surface area contributed by atoms with Crippen LogP contribution in [0.3, 0.4) is 0 Å². The van der Waals surface area contributed by atoms with Gasteiger partial charge in [0.15, 0.2) is 5.13 Å². The number of aromatic nitrogens is 1. The van der Waals surface area contributed by atoms with Crippen LogP contribution in [0.1, 0.15) is 11.6 Å². The van der Waals surface area contributed by atoms with Crippen molar-refractivity contribution in [2.75, 3.05) is 18.4 Å². The number of β-lactam (4-membered cyclic amide) rings is 1. The van der Waals surface area contributed by atoms with E-state index >= 15 is 0 Å². The van der Waals surface area contributed by atoms with Crippen LogP contribution in [-0.2, 0) is 4.79 Å². The van der Waals surface area contributed by atoms with Crippen molar-refractivity contribution in [2.45, 2.75) is 11.4 Å². The number of thiazole rings is 1. The summed E-state index contributed by atoms with van der Waals surface area (Å²) in [5, 5.41) is 16.2. The number of hydrazine groups is 1. The third-order valence-corrected chi connectivity index (χ3v) is 4.54. The van der Waals surface area contributed by atoms with Crippen molar-refractivity contribution < 1.29 is 9.90 Å². The van der Waals surface area contributed by atoms with Gasteiger partial charge in [-0.2, -0.15) is 0 Å². The molecule has 1 fully saturated rings. The van der Waals surface area contributed by atoms with Gasteiger partial charge in [0.2, 0.25) is 0 Å². The van der Waals surface area contributed by atoms with Crippen LogP contribution in [0.2, 0.25) is 0 Å². The van der Waals surface area contributed by atoms with Crippen molar-refractivity contribution in [1.82, 2.24) is 15.4 Å². The van der Waals surface area contributed by atoms with Gasteiger partial charge in [0.1, 0.15) is 11.1 Å². The molecule has 22 heavy (non-hydrogen) atoms. The number of benzene rings is 1. The van der Waals surface area contributed by atoms with E-state index in [2.05, 4.69) is 15.7 Å². The second-order valence-corrected chi connectivity index (χ2v) is 6.18. The molecule has 0 aliphatic carbocycles. The van der Waals surface area contributed by atoms with Crippen LogP contribution < -0.4 is 10.7 Å². The van der Waals surface area contributed by atoms with Gasteiger partial charge in [0, 0.05) is 24.7 Å². The number of aromatic hydroxyl groups is 1. The van der Waals surface area contributed by atoms with Gasteiger partial charge in [0.05, 0.1) is 6.04 Å². The number of halogens is 1. The van der Waals surface area contributed by atoms with Gasteiger partial charge in [-0.05, 0) is 17.7 Å². The minimum absolute atomic E-state index is 0.144. The molecule has 1 aliphatic heterocycles. The van der Waals surface area contributed by atoms with Crippen molar-refractivity contribution >= 4 is 34.0 Å². The smallest absolute Gasteiger partial charge is 0.257 e. The number of amides is 1. The highest BCUT2D eigenvalue weighted by molar-refractivity contribution is 7.13. The second kappa shape index (κ2) is 6.51. The largest absolute Gasteiger partial charge is 0.508 e. The van der Waals surface area contributed by atoms with Gasteiger partial charge in [0.25, 0.3) is 5.91 Å². The summed E-state index contributed by atoms with van der Waals surface area (Å²) in [4.78, 5) is 16.0. The van der Waals surface area contributed by atoms with E-state index in [-0.39, 0.29) is 17.7 Å². The zero-order valence-electron chi connectivity index (χ0n) is 11.6. The molecule has 2 heterocycles. The number of alkyl halides is 1. The van der Waals surface area contributed by atoms with Gasteiger partial charge in [-0.1, -0.05) is 12.1 Å². The van der Waals surface area contributed by atoms with Crippen LogP contribution in [0, 0.1) is 0 Å². The predicted molar refractivity (Wildman–Crippen MR) is 85.9 cm³/mol. The summed E-state index contributed by atoms with van der Waals surface area (Å²) in [7, 11) is 0. The lowest BCUT2D eigenvalue weighted by Crippen LogP contribution is -2.62. The molecule has 3 N–H and O–H groups in total. The Morgan fingerprint density at radius 3 is 2.77 bits per heavy atom. The molecule has 1 saturated heterocycles. The van der Waals surface area contributed by atoms with Crippen molar-refractivity contribution in [3.8, 4) is 5.75 Å². The van der Waals surface area contributed by atoms with Crippen LogP contribution >= 0.6 is 22.9 Å². The molecule has 2 atom stereocenters. The van der Waals surface area contributed by atoms with E-state index in [0.717, 1.165) is 10.7 Å². The van der Waals surface area contributed by atoms with E-state index in [0.29, 0.717) is 13.1 Å². The number of phenolic OH excluding ortho intramolecular Hbond substituents is 1. The first kappa shape index (κ1) is 15.1. The second-order valence-electron chi connectivity index (χ2n) is 4.82. The minimum atomic E-state index is -0.580. The molecule has 0 saturated carbocycles. The van der Waals surface area contributed by atoms with Crippen LogP contribution in [0.5, 0.6) is 5.75 Å². The monoisotopic (exact) mass is 338 g/mol. The summed E-state index contributed by atoms with van der Waals surface area (Å²) in [5.74, 6) is 0.0432. The van der Waals surface area contributed by atoms with Crippen LogP contribution in [0.25, 0.3) is 0 Å². The molecule has 1 aliphatic rings. The topological polar surface area (TPSA) is 77.5 Å². The number of nitrogens with zero attached hydrogens (tertiary/aromatic N) is 2. The summed E-state index contributed by atoms with van der Waals surface area (Å²) in [6, 6.07) is 6.48. The lowest BCUT2D eigenvalue weighted by atomic mass is 9.95. The molecule has 2 unspecified atom stereocenters. The van der Waals surface area contributed by atoms with Crippen LogP contribution in [-0.4, -0.2) is 39.5 Å². The molecule has 2 aromatic rings. The maximum Gasteiger partial charge on any atom is 0.257 e. The van der Waals surface area contributed by atoms with Gasteiger partial charge in [-0.3, -0.25) is 9.80 Å². The number of hydrogen-bond acceptors (Lipinski definition) is 6. The zero-order valence-corrected chi connectivity index (χ0v) is 13.1. The number of hydrogen-bond donors (Lipinski definition) is 3. The number of carbonyl (C=O) groups is 1. The fourth-order valence-corrected chi connectivity index (χ4v) is 3.20. The van der Waals surface area contributed by atoms with Gasteiger partial charge < -0.3 is 10.4 Å². The van der Waals surface area contributed by atoms with Crippen molar-refractivity contribution in [3.63, 3.8) is 0 Å². The normalized spacial score (nSPS) is 20.8. The highest BCUT2D eigenvalue weighted by Gasteiger charge is 2.47. The van der Waals surface area contributed by atoms with Gasteiger partial charge in [-0.15, -0.1) is 22.9 Å². The first-order valence-electron chi connectivity index (χ1n) is 6.80. The highest BCUT2D eigenvalue weighted by atomic mass is 35.5. The first-order chi connectivity index (χ1) is 10.7. The molecule has 0 radical (unpaired) electrons. The summed E-state index contributed by atoms with van der Waals surface area (Å²) < 4.78 is 0. The fraction of sp³-hybridized carbons (Fsp3) is 0.286. The summed E-state index contributed by atoms with van der Waals surface area (Å²) >= 11 is 7.64. The van der Waals surface area contributed by atoms with E-state index in [9.17, 15) is 9.90 Å². The average Bonchev–Trinajstić information content (AvgIpc) is 3.04. The maximum atomic E-state index is 11.9. The predicted octanol–water partition coefficient (Wildman–Crippen LogP) is 1.96. The zero-order chi connectivity index (χ0) is 15.5. The van der Waals surface area contributed by atoms with E-state index in [1.54, 1.807) is 30.5 Å². The summed E-state index contributed by atoms with van der Waals surface area (Å²) in [6.45, 7) is 1.22. The minimum Gasteiger partial charge on any atom is -0.508 e. The van der Waals surface area contributed by atoms with Crippen molar-refractivity contribution in [1.29, 1.82) is 0 Å². The Morgan fingerprint density at radius 1 is 1.32 bits per heavy atom.